The molecule has 0 aromatic rings. The number of morpholine rings is 1. The average molecular weight is 127 g/mol. The first-order valence-corrected chi connectivity index (χ1v) is 3.78. The summed E-state index contributed by atoms with van der Waals surface area (Å²) in [6, 6.07) is 0.777. The van der Waals surface area contributed by atoms with Crippen molar-refractivity contribution in [2.24, 2.45) is 0 Å². The minimum atomic E-state index is 0.777. The fraction of sp³-hybridized carbons (Fsp3) is 1.00. The molecule has 0 aromatic carbocycles. The molecule has 0 aliphatic carbocycles. The number of rotatable bonds is 0. The van der Waals surface area contributed by atoms with Gasteiger partial charge in [-0.25, -0.2) is 0 Å². The van der Waals surface area contributed by atoms with E-state index in [1.54, 1.807) is 0 Å². The van der Waals surface area contributed by atoms with E-state index in [9.17, 15) is 0 Å². The lowest BCUT2D eigenvalue weighted by molar-refractivity contribution is 0.0129. The zero-order chi connectivity index (χ0) is 6.10. The highest BCUT2D eigenvalue weighted by Crippen LogP contribution is 2.19. The third-order valence-electron chi connectivity index (χ3n) is 2.33. The highest BCUT2D eigenvalue weighted by atomic mass is 16.5. The highest BCUT2D eigenvalue weighted by molar-refractivity contribution is 4.80. The second-order valence-electron chi connectivity index (χ2n) is 2.91. The molecule has 52 valence electrons. The van der Waals surface area contributed by atoms with Crippen molar-refractivity contribution in [2.75, 3.05) is 26.3 Å². The minimum Gasteiger partial charge on any atom is -0.378 e. The van der Waals surface area contributed by atoms with Crippen molar-refractivity contribution >= 4 is 0 Å². The Morgan fingerprint density at radius 2 is 2.33 bits per heavy atom. The summed E-state index contributed by atoms with van der Waals surface area (Å²) in [5.41, 5.74) is 0. The fourth-order valence-electron chi connectivity index (χ4n) is 1.78. The first kappa shape index (κ1) is 5.69. The summed E-state index contributed by atoms with van der Waals surface area (Å²) in [4.78, 5) is 2.55. The van der Waals surface area contributed by atoms with Crippen molar-refractivity contribution < 1.29 is 4.74 Å². The maximum Gasteiger partial charge on any atom is 0.0622 e. The van der Waals surface area contributed by atoms with Crippen molar-refractivity contribution in [3.8, 4) is 0 Å². The van der Waals surface area contributed by atoms with Gasteiger partial charge in [0.25, 0.3) is 0 Å². The molecular weight excluding hydrogens is 114 g/mol. The van der Waals surface area contributed by atoms with Gasteiger partial charge in [-0.1, -0.05) is 0 Å². The normalized spacial score (nSPS) is 36.7. The van der Waals surface area contributed by atoms with Crippen LogP contribution in [-0.2, 0) is 4.74 Å². The molecule has 2 saturated heterocycles. The van der Waals surface area contributed by atoms with E-state index >= 15 is 0 Å². The van der Waals surface area contributed by atoms with Gasteiger partial charge in [-0.15, -0.1) is 0 Å². The van der Waals surface area contributed by atoms with Crippen LogP contribution in [0.15, 0.2) is 0 Å². The summed E-state index contributed by atoms with van der Waals surface area (Å²) in [5.74, 6) is 0. The van der Waals surface area contributed by atoms with Crippen molar-refractivity contribution in [1.29, 1.82) is 0 Å². The summed E-state index contributed by atoms with van der Waals surface area (Å²) < 4.78 is 5.34. The molecule has 2 aliphatic rings. The molecule has 0 radical (unpaired) electrons. The van der Waals surface area contributed by atoms with E-state index in [1.165, 1.54) is 25.9 Å². The molecule has 0 aromatic heterocycles. The standard InChI is InChI=1S/C7H13NO/c1-2-7-6-9-5-4-8(7)3-1/h7H,1-6H2/t7-/m0/s1. The second kappa shape index (κ2) is 2.27. The molecule has 0 bridgehead atoms. The Morgan fingerprint density at radius 1 is 1.33 bits per heavy atom. The molecule has 0 unspecified atom stereocenters. The van der Waals surface area contributed by atoms with Crippen LogP contribution in [-0.4, -0.2) is 37.2 Å². The van der Waals surface area contributed by atoms with E-state index in [1.807, 2.05) is 0 Å². The molecule has 9 heavy (non-hydrogen) atoms. The quantitative estimate of drug-likeness (QED) is 0.469. The van der Waals surface area contributed by atoms with Gasteiger partial charge < -0.3 is 4.74 Å². The number of hydrogen-bond donors (Lipinski definition) is 0. The van der Waals surface area contributed by atoms with Gasteiger partial charge in [-0.05, 0) is 19.4 Å². The van der Waals surface area contributed by atoms with E-state index in [0.29, 0.717) is 0 Å². The largest absolute Gasteiger partial charge is 0.378 e. The number of fused-ring (bicyclic) bond motifs is 1. The molecule has 2 nitrogen and oxygen atoms in total. The Hall–Kier alpha value is -0.0800. The summed E-state index contributed by atoms with van der Waals surface area (Å²) in [6.45, 7) is 4.43. The number of hydrogen-bond acceptors (Lipinski definition) is 2. The molecule has 2 fully saturated rings. The van der Waals surface area contributed by atoms with Gasteiger partial charge in [-0.2, -0.15) is 0 Å². The summed E-state index contributed by atoms with van der Waals surface area (Å²) in [6.07, 6.45) is 2.74. The monoisotopic (exact) mass is 127 g/mol. The van der Waals surface area contributed by atoms with Crippen LogP contribution < -0.4 is 0 Å². The van der Waals surface area contributed by atoms with Crippen molar-refractivity contribution in [2.45, 2.75) is 18.9 Å². The van der Waals surface area contributed by atoms with Crippen molar-refractivity contribution in [1.82, 2.24) is 4.90 Å². The van der Waals surface area contributed by atoms with Gasteiger partial charge in [0.2, 0.25) is 0 Å². The molecule has 2 heterocycles. The SMILES string of the molecule is C1C[C@H]2COCCN2C1. The second-order valence-corrected chi connectivity index (χ2v) is 2.91. The van der Waals surface area contributed by atoms with Gasteiger partial charge in [0.05, 0.1) is 13.2 Å². The molecule has 0 amide bonds. The first-order chi connectivity index (χ1) is 4.47. The summed E-state index contributed by atoms with van der Waals surface area (Å²) in [7, 11) is 0. The molecule has 0 spiro atoms. The van der Waals surface area contributed by atoms with E-state index in [0.717, 1.165) is 19.3 Å². The highest BCUT2D eigenvalue weighted by Gasteiger charge is 2.26. The lowest BCUT2D eigenvalue weighted by Gasteiger charge is -2.28. The van der Waals surface area contributed by atoms with Gasteiger partial charge in [0.15, 0.2) is 0 Å². The lowest BCUT2D eigenvalue weighted by atomic mass is 10.2. The van der Waals surface area contributed by atoms with E-state index < -0.39 is 0 Å². The van der Waals surface area contributed by atoms with Crippen LogP contribution in [0.3, 0.4) is 0 Å². The Balaban J connectivity index is 1.97. The molecule has 2 rings (SSSR count). The fourth-order valence-corrected chi connectivity index (χ4v) is 1.78. The van der Waals surface area contributed by atoms with Gasteiger partial charge in [0.1, 0.15) is 0 Å². The predicted molar refractivity (Wildman–Crippen MR) is 35.4 cm³/mol. The van der Waals surface area contributed by atoms with Crippen LogP contribution in [0.4, 0.5) is 0 Å². The van der Waals surface area contributed by atoms with Crippen LogP contribution in [0.5, 0.6) is 0 Å². The van der Waals surface area contributed by atoms with Crippen LogP contribution in [0, 0.1) is 0 Å². The Morgan fingerprint density at radius 3 is 3.22 bits per heavy atom. The van der Waals surface area contributed by atoms with Gasteiger partial charge >= 0.3 is 0 Å². The maximum absolute atomic E-state index is 5.34. The summed E-state index contributed by atoms with van der Waals surface area (Å²) >= 11 is 0. The minimum absolute atomic E-state index is 0.777. The van der Waals surface area contributed by atoms with Crippen LogP contribution in [0.25, 0.3) is 0 Å². The van der Waals surface area contributed by atoms with E-state index in [-0.39, 0.29) is 0 Å². The zero-order valence-electron chi connectivity index (χ0n) is 5.68. The molecule has 0 N–H and O–H groups in total. The van der Waals surface area contributed by atoms with Crippen LogP contribution >= 0.6 is 0 Å². The molecule has 1 atom stereocenters. The lowest BCUT2D eigenvalue weighted by Crippen LogP contribution is -2.40. The zero-order valence-corrected chi connectivity index (χ0v) is 5.68. The average Bonchev–Trinajstić information content (AvgIpc) is 2.33. The Bertz CT molecular complexity index is 93.1. The van der Waals surface area contributed by atoms with E-state index in [4.69, 9.17) is 4.74 Å². The molecule has 0 saturated carbocycles. The van der Waals surface area contributed by atoms with E-state index in [2.05, 4.69) is 4.90 Å². The molecule has 2 aliphatic heterocycles. The first-order valence-electron chi connectivity index (χ1n) is 3.78. The van der Waals surface area contributed by atoms with Crippen LogP contribution in [0.2, 0.25) is 0 Å². The third kappa shape index (κ3) is 0.970. The Kier molecular flexibility index (Phi) is 1.44. The molecule has 2 heteroatoms. The summed E-state index contributed by atoms with van der Waals surface area (Å²) in [5, 5.41) is 0. The predicted octanol–water partition coefficient (Wildman–Crippen LogP) is 0.481. The van der Waals surface area contributed by atoms with Crippen LogP contribution in [0.1, 0.15) is 12.8 Å². The van der Waals surface area contributed by atoms with Gasteiger partial charge in [-0.3, -0.25) is 4.90 Å². The smallest absolute Gasteiger partial charge is 0.0622 e. The van der Waals surface area contributed by atoms with Crippen molar-refractivity contribution in [3.05, 3.63) is 0 Å². The maximum atomic E-state index is 5.34. The van der Waals surface area contributed by atoms with Gasteiger partial charge in [0, 0.05) is 12.6 Å². The van der Waals surface area contributed by atoms with Crippen molar-refractivity contribution in [3.63, 3.8) is 0 Å². The number of nitrogens with zero attached hydrogens (tertiary/aromatic N) is 1. The topological polar surface area (TPSA) is 12.5 Å². The third-order valence-corrected chi connectivity index (χ3v) is 2.33. The number of ether oxygens (including phenoxy) is 1. The molecular formula is C7H13NO. The Labute approximate surface area is 55.8 Å².